The van der Waals surface area contributed by atoms with Gasteiger partial charge in [0.25, 0.3) is 5.91 Å². The number of thiazole rings is 1. The van der Waals surface area contributed by atoms with Crippen LogP contribution in [0.2, 0.25) is 5.02 Å². The first-order valence-electron chi connectivity index (χ1n) is 16.1. The van der Waals surface area contributed by atoms with Gasteiger partial charge in [0.1, 0.15) is 5.75 Å². The quantitative estimate of drug-likeness (QED) is 0.148. The minimum absolute atomic E-state index is 0.0152. The van der Waals surface area contributed by atoms with E-state index in [-0.39, 0.29) is 58.8 Å². The van der Waals surface area contributed by atoms with Crippen LogP contribution >= 0.6 is 50.6 Å². The number of carbonyl (C=O) groups is 4. The Morgan fingerprint density at radius 3 is 2.44 bits per heavy atom. The van der Waals surface area contributed by atoms with Crippen LogP contribution in [0.15, 0.2) is 81.0 Å². The number of H-pyrrole nitrogens is 1. The van der Waals surface area contributed by atoms with Crippen LogP contribution in [0, 0.1) is 29.6 Å². The molecule has 1 aromatic heterocycles. The van der Waals surface area contributed by atoms with Crippen molar-refractivity contribution in [1.82, 2.24) is 4.98 Å². The van der Waals surface area contributed by atoms with Gasteiger partial charge in [-0.1, -0.05) is 38.9 Å². The van der Waals surface area contributed by atoms with E-state index in [0.717, 1.165) is 37.7 Å². The van der Waals surface area contributed by atoms with Crippen LogP contribution in [-0.4, -0.2) is 47.1 Å². The maximum Gasteiger partial charge on any atom is 0.338 e. The standard InChI is InChI=1S/C36H29BrClN3O7S2/c1-2-47-35(45)16-3-8-19(9-4-16)39-25(42)15-48-24-12-5-17(37)13-21(24)26-27-22-14-23(30(27)49-32-31(26)50-36(46)40-32)29-28(22)33(43)41(34(29)44)20-10-6-18(38)7-11-20/h3-13,22-23,26-30H,2,14-15H2,1H3,(H,39,42)(H,40,46)/t22-,23-,26+,27-,28+,29+,30-/m1/s1. The minimum Gasteiger partial charge on any atom is -0.483 e. The Hall–Kier alpha value is -3.91. The third-order valence-corrected chi connectivity index (χ3v) is 13.5. The molecule has 4 aromatic rings. The zero-order valence-corrected chi connectivity index (χ0v) is 30.4. The number of aromatic nitrogens is 1. The van der Waals surface area contributed by atoms with Gasteiger partial charge < -0.3 is 19.8 Å². The number of hydrogen-bond donors (Lipinski definition) is 2. The fraction of sp³-hybridized carbons (Fsp3) is 0.306. The van der Waals surface area contributed by atoms with E-state index in [1.807, 2.05) is 12.1 Å². The molecule has 14 heteroatoms. The topological polar surface area (TPSA) is 135 Å². The number of ether oxygens (including phenoxy) is 2. The summed E-state index contributed by atoms with van der Waals surface area (Å²) < 4.78 is 12.0. The number of imide groups is 1. The summed E-state index contributed by atoms with van der Waals surface area (Å²) in [6.07, 6.45) is 0.737. The number of carbonyl (C=O) groups excluding carboxylic acids is 4. The number of benzene rings is 3. The molecular weight excluding hydrogens is 766 g/mol. The lowest BCUT2D eigenvalue weighted by molar-refractivity contribution is -0.123. The number of amides is 3. The Morgan fingerprint density at radius 2 is 1.72 bits per heavy atom. The SMILES string of the molecule is CCOC(=O)c1ccc(NC(=O)COc2ccc(Br)cc2[C@@H]2c3sc(=O)[nH]c3S[C@@H]3[C@@H]4C[C@@H]([C@@H]5C(=O)N(c6ccc(Cl)cc6)C(=O)[C@@H]45)[C@H]23)cc1. The predicted molar refractivity (Wildman–Crippen MR) is 193 cm³/mol. The van der Waals surface area contributed by atoms with Crippen molar-refractivity contribution < 1.29 is 28.7 Å². The van der Waals surface area contributed by atoms with Gasteiger partial charge in [-0.2, -0.15) is 0 Å². The van der Waals surface area contributed by atoms with Gasteiger partial charge in [0.15, 0.2) is 6.61 Å². The van der Waals surface area contributed by atoms with Gasteiger partial charge in [0.05, 0.1) is 34.7 Å². The molecule has 2 N–H and O–H groups in total. The van der Waals surface area contributed by atoms with Crippen LogP contribution in [0.4, 0.5) is 11.4 Å². The highest BCUT2D eigenvalue weighted by Gasteiger charge is 2.69. The van der Waals surface area contributed by atoms with E-state index in [4.69, 9.17) is 21.1 Å². The molecule has 256 valence electrons. The molecule has 8 rings (SSSR count). The molecule has 0 unspecified atom stereocenters. The van der Waals surface area contributed by atoms with Gasteiger partial charge >= 0.3 is 10.8 Å². The fourth-order valence-electron chi connectivity index (χ4n) is 8.35. The number of rotatable bonds is 8. The molecule has 2 aliphatic carbocycles. The molecular formula is C36H29BrClN3O7S2. The lowest BCUT2D eigenvalue weighted by Crippen LogP contribution is -2.42. The number of fused-ring (bicyclic) bond motifs is 9. The molecule has 2 saturated carbocycles. The number of hydrogen-bond acceptors (Lipinski definition) is 9. The van der Waals surface area contributed by atoms with Crippen molar-refractivity contribution in [3.8, 4) is 5.75 Å². The molecule has 2 bridgehead atoms. The lowest BCUT2D eigenvalue weighted by Gasteiger charge is -2.43. The molecule has 10 nitrogen and oxygen atoms in total. The van der Waals surface area contributed by atoms with Crippen LogP contribution in [0.25, 0.3) is 0 Å². The molecule has 3 amide bonds. The molecule has 50 heavy (non-hydrogen) atoms. The first kappa shape index (κ1) is 33.2. The van der Waals surface area contributed by atoms with Crippen molar-refractivity contribution in [2.75, 3.05) is 23.4 Å². The number of nitrogens with one attached hydrogen (secondary N) is 2. The highest BCUT2D eigenvalue weighted by atomic mass is 79.9. The normalized spacial score (nSPS) is 26.0. The third-order valence-electron chi connectivity index (χ3n) is 10.2. The van der Waals surface area contributed by atoms with E-state index in [1.54, 1.807) is 73.3 Å². The zero-order valence-electron chi connectivity index (χ0n) is 26.4. The van der Waals surface area contributed by atoms with Crippen LogP contribution in [0.3, 0.4) is 0 Å². The first-order valence-corrected chi connectivity index (χ1v) is 19.0. The molecule has 1 saturated heterocycles. The Morgan fingerprint density at radius 1 is 1.00 bits per heavy atom. The molecule has 4 aliphatic rings. The number of anilines is 2. The average molecular weight is 795 g/mol. The van der Waals surface area contributed by atoms with Crippen molar-refractivity contribution in [3.63, 3.8) is 0 Å². The first-order chi connectivity index (χ1) is 24.1. The number of halogens is 2. The van der Waals surface area contributed by atoms with Crippen LogP contribution in [0.5, 0.6) is 5.75 Å². The number of thioether (sulfide) groups is 1. The van der Waals surface area contributed by atoms with Crippen molar-refractivity contribution >= 4 is 85.7 Å². The predicted octanol–water partition coefficient (Wildman–Crippen LogP) is 6.72. The van der Waals surface area contributed by atoms with Crippen molar-refractivity contribution in [3.05, 3.63) is 102 Å². The summed E-state index contributed by atoms with van der Waals surface area (Å²) in [5.41, 5.74) is 2.19. The van der Waals surface area contributed by atoms with Crippen LogP contribution < -0.4 is 19.8 Å². The van der Waals surface area contributed by atoms with E-state index in [0.29, 0.717) is 27.7 Å². The van der Waals surface area contributed by atoms with Gasteiger partial charge in [-0.05, 0) is 97.8 Å². The smallest absolute Gasteiger partial charge is 0.338 e. The molecule has 7 atom stereocenters. The Labute approximate surface area is 308 Å². The van der Waals surface area contributed by atoms with E-state index < -0.39 is 23.7 Å². The number of nitrogens with zero attached hydrogens (tertiary/aromatic N) is 1. The largest absolute Gasteiger partial charge is 0.483 e. The second-order valence-corrected chi connectivity index (χ2v) is 16.3. The molecule has 3 fully saturated rings. The summed E-state index contributed by atoms with van der Waals surface area (Å²) in [5, 5.41) is 4.08. The van der Waals surface area contributed by atoms with Gasteiger partial charge in [-0.3, -0.25) is 24.1 Å². The third kappa shape index (κ3) is 5.58. The monoisotopic (exact) mass is 793 g/mol. The van der Waals surface area contributed by atoms with Crippen molar-refractivity contribution in [2.24, 2.45) is 29.6 Å². The van der Waals surface area contributed by atoms with Crippen molar-refractivity contribution in [2.45, 2.75) is 29.5 Å². The summed E-state index contributed by atoms with van der Waals surface area (Å²) in [5.74, 6) is -2.14. The second kappa shape index (κ2) is 13.0. The summed E-state index contributed by atoms with van der Waals surface area (Å²) in [4.78, 5) is 70.9. The van der Waals surface area contributed by atoms with Gasteiger partial charge in [-0.15, -0.1) is 11.8 Å². The zero-order chi connectivity index (χ0) is 34.8. The van der Waals surface area contributed by atoms with E-state index in [2.05, 4.69) is 26.2 Å². The van der Waals surface area contributed by atoms with Crippen molar-refractivity contribution in [1.29, 1.82) is 0 Å². The molecule has 0 spiro atoms. The highest BCUT2D eigenvalue weighted by Crippen LogP contribution is 2.69. The maximum atomic E-state index is 14.1. The van der Waals surface area contributed by atoms with Gasteiger partial charge in [0.2, 0.25) is 11.8 Å². The van der Waals surface area contributed by atoms with Gasteiger partial charge in [0, 0.05) is 36.8 Å². The molecule has 3 aromatic carbocycles. The molecule has 2 aliphatic heterocycles. The summed E-state index contributed by atoms with van der Waals surface area (Å²) in [7, 11) is 0. The average Bonchev–Trinajstić information content (AvgIpc) is 3.84. The Kier molecular flexibility index (Phi) is 8.65. The fourth-order valence-corrected chi connectivity index (χ4v) is 11.7. The van der Waals surface area contributed by atoms with E-state index in [9.17, 15) is 24.0 Å². The number of esters is 1. The van der Waals surface area contributed by atoms with E-state index >= 15 is 0 Å². The van der Waals surface area contributed by atoms with E-state index in [1.165, 1.54) is 4.90 Å². The second-order valence-electron chi connectivity index (χ2n) is 12.8. The van der Waals surface area contributed by atoms with Crippen LogP contribution in [0.1, 0.15) is 40.1 Å². The molecule has 3 heterocycles. The van der Waals surface area contributed by atoms with Crippen LogP contribution in [-0.2, 0) is 19.1 Å². The summed E-state index contributed by atoms with van der Waals surface area (Å²) >= 11 is 12.5. The Balaban J connectivity index is 1.08. The molecule has 0 radical (unpaired) electrons. The summed E-state index contributed by atoms with van der Waals surface area (Å²) in [6, 6.07) is 18.8. The maximum absolute atomic E-state index is 14.1. The Bertz CT molecular complexity index is 2100. The minimum atomic E-state index is -0.470. The number of aromatic amines is 1. The summed E-state index contributed by atoms with van der Waals surface area (Å²) in [6.45, 7) is 1.71. The lowest BCUT2D eigenvalue weighted by atomic mass is 9.68. The van der Waals surface area contributed by atoms with Gasteiger partial charge in [-0.25, -0.2) is 4.79 Å². The highest BCUT2D eigenvalue weighted by molar-refractivity contribution is 9.10.